The van der Waals surface area contributed by atoms with Crippen LogP contribution in [0.15, 0.2) is 18.2 Å². The molecule has 1 aromatic carbocycles. The van der Waals surface area contributed by atoms with Crippen LogP contribution in [0.2, 0.25) is 0 Å². The second-order valence-electron chi connectivity index (χ2n) is 5.76. The lowest BCUT2D eigenvalue weighted by Crippen LogP contribution is -2.30. The van der Waals surface area contributed by atoms with Gasteiger partial charge < -0.3 is 9.64 Å². The number of nitrogens with zero attached hydrogens (tertiary/aromatic N) is 1. The molecule has 0 aliphatic carbocycles. The first-order chi connectivity index (χ1) is 8.58. The fourth-order valence-electron chi connectivity index (χ4n) is 2.71. The first kappa shape index (κ1) is 13.4. The third kappa shape index (κ3) is 3.05. The summed E-state index contributed by atoms with van der Waals surface area (Å²) in [6.45, 7) is 8.66. The molecule has 2 heteroatoms. The summed E-state index contributed by atoms with van der Waals surface area (Å²) >= 11 is 0. The average molecular weight is 247 g/mol. The van der Waals surface area contributed by atoms with Gasteiger partial charge in [-0.25, -0.2) is 0 Å². The van der Waals surface area contributed by atoms with E-state index >= 15 is 0 Å². The van der Waals surface area contributed by atoms with Crippen molar-refractivity contribution in [1.82, 2.24) is 4.90 Å². The van der Waals surface area contributed by atoms with Crippen molar-refractivity contribution >= 4 is 0 Å². The Balaban J connectivity index is 1.99. The summed E-state index contributed by atoms with van der Waals surface area (Å²) in [5.41, 5.74) is 2.75. The predicted molar refractivity (Wildman–Crippen MR) is 76.4 cm³/mol. The van der Waals surface area contributed by atoms with Crippen molar-refractivity contribution < 1.29 is 4.74 Å². The van der Waals surface area contributed by atoms with Crippen LogP contribution in [0.25, 0.3) is 0 Å². The van der Waals surface area contributed by atoms with Gasteiger partial charge in [0, 0.05) is 6.04 Å². The monoisotopic (exact) mass is 247 g/mol. The van der Waals surface area contributed by atoms with E-state index in [2.05, 4.69) is 50.9 Å². The Kier molecular flexibility index (Phi) is 4.28. The van der Waals surface area contributed by atoms with E-state index in [0.29, 0.717) is 12.0 Å². The van der Waals surface area contributed by atoms with E-state index in [-0.39, 0.29) is 0 Å². The standard InChI is InChI=1S/C16H25NO/c1-12(2)16-10-15(8-7-13(16)3)18-11-14-6-5-9-17(14)4/h7-8,10,12,14H,5-6,9,11H2,1-4H3/t14-/m0/s1. The van der Waals surface area contributed by atoms with E-state index in [1.54, 1.807) is 0 Å². The van der Waals surface area contributed by atoms with E-state index in [1.807, 2.05) is 0 Å². The molecule has 0 N–H and O–H groups in total. The third-order valence-corrected chi connectivity index (χ3v) is 3.99. The molecule has 100 valence electrons. The van der Waals surface area contributed by atoms with Gasteiger partial charge in [-0.3, -0.25) is 0 Å². The summed E-state index contributed by atoms with van der Waals surface area (Å²) in [6.07, 6.45) is 2.56. The largest absolute Gasteiger partial charge is 0.492 e. The number of likely N-dealkylation sites (tertiary alicyclic amines) is 1. The van der Waals surface area contributed by atoms with Gasteiger partial charge in [-0.2, -0.15) is 0 Å². The predicted octanol–water partition coefficient (Wildman–Crippen LogP) is 3.59. The van der Waals surface area contributed by atoms with Crippen molar-refractivity contribution in [3.05, 3.63) is 29.3 Å². The van der Waals surface area contributed by atoms with Crippen molar-refractivity contribution in [2.45, 2.75) is 45.6 Å². The number of rotatable bonds is 4. The minimum absolute atomic E-state index is 0.558. The summed E-state index contributed by atoms with van der Waals surface area (Å²) in [4.78, 5) is 2.40. The Bertz CT molecular complexity index is 400. The highest BCUT2D eigenvalue weighted by Gasteiger charge is 2.21. The van der Waals surface area contributed by atoms with Crippen LogP contribution >= 0.6 is 0 Å². The Labute approximate surface area is 111 Å². The van der Waals surface area contributed by atoms with E-state index in [1.165, 1.54) is 30.5 Å². The minimum Gasteiger partial charge on any atom is -0.492 e. The first-order valence-electron chi connectivity index (χ1n) is 7.01. The zero-order chi connectivity index (χ0) is 13.1. The maximum absolute atomic E-state index is 5.96. The van der Waals surface area contributed by atoms with E-state index < -0.39 is 0 Å². The molecule has 2 rings (SSSR count). The van der Waals surface area contributed by atoms with Crippen molar-refractivity contribution in [1.29, 1.82) is 0 Å². The van der Waals surface area contributed by atoms with Gasteiger partial charge in [-0.15, -0.1) is 0 Å². The molecule has 0 aromatic heterocycles. The number of hydrogen-bond acceptors (Lipinski definition) is 2. The van der Waals surface area contributed by atoms with Gasteiger partial charge >= 0.3 is 0 Å². The van der Waals surface area contributed by atoms with Crippen LogP contribution in [0.1, 0.15) is 43.7 Å². The molecule has 0 amide bonds. The average Bonchev–Trinajstić information content (AvgIpc) is 2.73. The zero-order valence-electron chi connectivity index (χ0n) is 12.1. The summed E-state index contributed by atoms with van der Waals surface area (Å²) in [7, 11) is 2.19. The molecule has 1 heterocycles. The third-order valence-electron chi connectivity index (χ3n) is 3.99. The van der Waals surface area contributed by atoms with Crippen molar-refractivity contribution in [3.8, 4) is 5.75 Å². The lowest BCUT2D eigenvalue weighted by atomic mass is 9.98. The number of likely N-dealkylation sites (N-methyl/N-ethyl adjacent to an activating group) is 1. The van der Waals surface area contributed by atoms with E-state index in [4.69, 9.17) is 4.74 Å². The fourth-order valence-corrected chi connectivity index (χ4v) is 2.71. The highest BCUT2D eigenvalue weighted by Crippen LogP contribution is 2.25. The molecular formula is C16H25NO. The van der Waals surface area contributed by atoms with Crippen LogP contribution in [0, 0.1) is 6.92 Å². The summed E-state index contributed by atoms with van der Waals surface area (Å²) in [6, 6.07) is 7.06. The minimum atomic E-state index is 0.558. The molecular weight excluding hydrogens is 222 g/mol. The molecule has 1 fully saturated rings. The smallest absolute Gasteiger partial charge is 0.119 e. The van der Waals surface area contributed by atoms with Crippen molar-refractivity contribution in [3.63, 3.8) is 0 Å². The highest BCUT2D eigenvalue weighted by atomic mass is 16.5. The van der Waals surface area contributed by atoms with Crippen molar-refractivity contribution in [2.75, 3.05) is 20.2 Å². The molecule has 1 aliphatic heterocycles. The zero-order valence-corrected chi connectivity index (χ0v) is 12.1. The van der Waals surface area contributed by atoms with Crippen LogP contribution in [0.3, 0.4) is 0 Å². The molecule has 1 aromatic rings. The van der Waals surface area contributed by atoms with Crippen LogP contribution in [-0.2, 0) is 0 Å². The summed E-state index contributed by atoms with van der Waals surface area (Å²) in [5.74, 6) is 1.58. The lowest BCUT2D eigenvalue weighted by molar-refractivity contribution is 0.198. The molecule has 0 spiro atoms. The lowest BCUT2D eigenvalue weighted by Gasteiger charge is -2.20. The van der Waals surface area contributed by atoms with Gasteiger partial charge in [-0.05, 0) is 62.5 Å². The van der Waals surface area contributed by atoms with Gasteiger partial charge in [0.15, 0.2) is 0 Å². The molecule has 18 heavy (non-hydrogen) atoms. The summed E-state index contributed by atoms with van der Waals surface area (Å²) < 4.78 is 5.96. The topological polar surface area (TPSA) is 12.5 Å². The normalized spacial score (nSPS) is 20.6. The molecule has 1 atom stereocenters. The van der Waals surface area contributed by atoms with Gasteiger partial charge in [0.1, 0.15) is 12.4 Å². The van der Waals surface area contributed by atoms with E-state index in [0.717, 1.165) is 12.4 Å². The first-order valence-corrected chi connectivity index (χ1v) is 7.01. The van der Waals surface area contributed by atoms with Crippen LogP contribution < -0.4 is 4.74 Å². The molecule has 0 bridgehead atoms. The number of ether oxygens (including phenoxy) is 1. The SMILES string of the molecule is Cc1ccc(OC[C@@H]2CCCN2C)cc1C(C)C. The van der Waals surface area contributed by atoms with Gasteiger partial charge in [-0.1, -0.05) is 19.9 Å². The Hall–Kier alpha value is -1.02. The van der Waals surface area contributed by atoms with Crippen LogP contribution in [-0.4, -0.2) is 31.1 Å². The van der Waals surface area contributed by atoms with Crippen LogP contribution in [0.4, 0.5) is 0 Å². The molecule has 0 radical (unpaired) electrons. The maximum atomic E-state index is 5.96. The molecule has 1 aliphatic rings. The second-order valence-corrected chi connectivity index (χ2v) is 5.76. The van der Waals surface area contributed by atoms with Gasteiger partial charge in [0.2, 0.25) is 0 Å². The second kappa shape index (κ2) is 5.75. The van der Waals surface area contributed by atoms with Crippen molar-refractivity contribution in [2.24, 2.45) is 0 Å². The van der Waals surface area contributed by atoms with Gasteiger partial charge in [0.25, 0.3) is 0 Å². The van der Waals surface area contributed by atoms with E-state index in [9.17, 15) is 0 Å². The molecule has 2 nitrogen and oxygen atoms in total. The Morgan fingerprint density at radius 2 is 2.17 bits per heavy atom. The molecule has 0 saturated carbocycles. The van der Waals surface area contributed by atoms with Crippen LogP contribution in [0.5, 0.6) is 5.75 Å². The number of benzene rings is 1. The Morgan fingerprint density at radius 1 is 1.39 bits per heavy atom. The quantitative estimate of drug-likeness (QED) is 0.806. The summed E-state index contributed by atoms with van der Waals surface area (Å²) in [5, 5.41) is 0. The number of hydrogen-bond donors (Lipinski definition) is 0. The molecule has 1 saturated heterocycles. The maximum Gasteiger partial charge on any atom is 0.119 e. The highest BCUT2D eigenvalue weighted by molar-refractivity contribution is 5.36. The number of aryl methyl sites for hydroxylation is 1. The molecule has 0 unspecified atom stereocenters. The fraction of sp³-hybridized carbons (Fsp3) is 0.625. The Morgan fingerprint density at radius 3 is 2.78 bits per heavy atom. The van der Waals surface area contributed by atoms with Gasteiger partial charge in [0.05, 0.1) is 0 Å².